The standard InChI is InChI=1S/C13H13N3O4/c1-2-7-3-4-10(16(19)20)12-11(7)8(6-15-12)5-9(14)13(17)18/h2-4,6,9,15H,1,5,14H2,(H,17,18). The number of fused-ring (bicyclic) bond motifs is 1. The molecule has 1 aromatic heterocycles. The van der Waals surface area contributed by atoms with Crippen molar-refractivity contribution in [3.05, 3.63) is 46.1 Å². The summed E-state index contributed by atoms with van der Waals surface area (Å²) in [4.78, 5) is 24.1. The van der Waals surface area contributed by atoms with Crippen LogP contribution in [0.2, 0.25) is 0 Å². The van der Waals surface area contributed by atoms with Gasteiger partial charge < -0.3 is 15.8 Å². The van der Waals surface area contributed by atoms with E-state index in [0.29, 0.717) is 22.0 Å². The number of aromatic amines is 1. The minimum Gasteiger partial charge on any atom is -0.480 e. The van der Waals surface area contributed by atoms with E-state index >= 15 is 0 Å². The third-order valence-corrected chi connectivity index (χ3v) is 3.10. The Morgan fingerprint density at radius 3 is 2.85 bits per heavy atom. The molecule has 0 saturated carbocycles. The van der Waals surface area contributed by atoms with Crippen molar-refractivity contribution in [1.82, 2.24) is 4.98 Å². The third-order valence-electron chi connectivity index (χ3n) is 3.10. The van der Waals surface area contributed by atoms with E-state index in [2.05, 4.69) is 11.6 Å². The molecule has 1 atom stereocenters. The minimum absolute atomic E-state index is 0.0688. The van der Waals surface area contributed by atoms with E-state index in [0.717, 1.165) is 0 Å². The molecular weight excluding hydrogens is 262 g/mol. The Hall–Kier alpha value is -2.67. The van der Waals surface area contributed by atoms with Gasteiger partial charge in [0, 0.05) is 24.1 Å². The van der Waals surface area contributed by atoms with Gasteiger partial charge in [0.05, 0.1) is 4.92 Å². The number of hydrogen-bond acceptors (Lipinski definition) is 4. The summed E-state index contributed by atoms with van der Waals surface area (Å²) in [5.41, 5.74) is 7.11. The highest BCUT2D eigenvalue weighted by Crippen LogP contribution is 2.31. The average molecular weight is 275 g/mol. The molecule has 20 heavy (non-hydrogen) atoms. The Bertz CT molecular complexity index is 705. The molecule has 0 aliphatic heterocycles. The zero-order chi connectivity index (χ0) is 14.9. The zero-order valence-electron chi connectivity index (χ0n) is 10.5. The molecule has 1 aromatic carbocycles. The molecule has 0 saturated heterocycles. The number of carboxylic acid groups (broad SMARTS) is 1. The lowest BCUT2D eigenvalue weighted by atomic mass is 10.0. The lowest BCUT2D eigenvalue weighted by molar-refractivity contribution is -0.383. The molecule has 0 aliphatic carbocycles. The molecule has 0 spiro atoms. The Kier molecular flexibility index (Phi) is 3.53. The molecule has 1 heterocycles. The maximum atomic E-state index is 11.0. The van der Waals surface area contributed by atoms with Crippen LogP contribution in [0.25, 0.3) is 17.0 Å². The molecule has 7 nitrogen and oxygen atoms in total. The number of carboxylic acids is 1. The Morgan fingerprint density at radius 1 is 1.60 bits per heavy atom. The number of nitrogens with zero attached hydrogens (tertiary/aromatic N) is 1. The van der Waals surface area contributed by atoms with Crippen molar-refractivity contribution in [3.8, 4) is 0 Å². The molecule has 0 amide bonds. The van der Waals surface area contributed by atoms with Gasteiger partial charge in [-0.15, -0.1) is 0 Å². The van der Waals surface area contributed by atoms with E-state index in [9.17, 15) is 14.9 Å². The number of aliphatic carboxylic acids is 1. The van der Waals surface area contributed by atoms with Crippen LogP contribution >= 0.6 is 0 Å². The largest absolute Gasteiger partial charge is 0.480 e. The number of non-ortho nitro benzene ring substituents is 1. The first-order valence-electron chi connectivity index (χ1n) is 5.84. The van der Waals surface area contributed by atoms with E-state index in [4.69, 9.17) is 10.8 Å². The summed E-state index contributed by atoms with van der Waals surface area (Å²) in [6.45, 7) is 3.66. The lowest BCUT2D eigenvalue weighted by Crippen LogP contribution is -2.32. The van der Waals surface area contributed by atoms with Gasteiger partial charge in [0.15, 0.2) is 0 Å². The van der Waals surface area contributed by atoms with Gasteiger partial charge in [0.1, 0.15) is 11.6 Å². The molecule has 1 unspecified atom stereocenters. The lowest BCUT2D eigenvalue weighted by Gasteiger charge is -2.06. The van der Waals surface area contributed by atoms with Crippen LogP contribution < -0.4 is 5.73 Å². The second kappa shape index (κ2) is 5.14. The van der Waals surface area contributed by atoms with Crippen molar-refractivity contribution in [2.24, 2.45) is 5.73 Å². The number of benzene rings is 1. The van der Waals surface area contributed by atoms with E-state index in [1.165, 1.54) is 6.07 Å². The Balaban J connectivity index is 2.63. The van der Waals surface area contributed by atoms with Gasteiger partial charge in [0.25, 0.3) is 5.69 Å². The summed E-state index contributed by atoms with van der Waals surface area (Å²) >= 11 is 0. The molecule has 0 aliphatic rings. The predicted molar refractivity (Wildman–Crippen MR) is 74.4 cm³/mol. The number of nitro groups is 1. The molecule has 0 fully saturated rings. The highest BCUT2D eigenvalue weighted by Gasteiger charge is 2.20. The topological polar surface area (TPSA) is 122 Å². The summed E-state index contributed by atoms with van der Waals surface area (Å²) < 4.78 is 0. The third kappa shape index (κ3) is 2.26. The highest BCUT2D eigenvalue weighted by atomic mass is 16.6. The van der Waals surface area contributed by atoms with Gasteiger partial charge in [-0.3, -0.25) is 14.9 Å². The average Bonchev–Trinajstić information content (AvgIpc) is 2.81. The molecule has 2 rings (SSSR count). The first-order chi connectivity index (χ1) is 9.45. The van der Waals surface area contributed by atoms with Crippen LogP contribution in [0.3, 0.4) is 0 Å². The van der Waals surface area contributed by atoms with Crippen molar-refractivity contribution in [1.29, 1.82) is 0 Å². The molecule has 4 N–H and O–H groups in total. The zero-order valence-corrected chi connectivity index (χ0v) is 10.5. The van der Waals surface area contributed by atoms with Gasteiger partial charge in [-0.2, -0.15) is 0 Å². The Labute approximate surface area is 113 Å². The normalized spacial score (nSPS) is 12.2. The second-order valence-corrected chi connectivity index (χ2v) is 4.35. The van der Waals surface area contributed by atoms with Crippen LogP contribution in [-0.2, 0) is 11.2 Å². The highest BCUT2D eigenvalue weighted by molar-refractivity contribution is 5.97. The van der Waals surface area contributed by atoms with Gasteiger partial charge in [-0.05, 0) is 17.2 Å². The fourth-order valence-electron chi connectivity index (χ4n) is 2.14. The fraction of sp³-hybridized carbons (Fsp3) is 0.154. The number of nitrogens with two attached hydrogens (primary N) is 1. The first kappa shape index (κ1) is 13.8. The molecule has 0 radical (unpaired) electrons. The monoisotopic (exact) mass is 275 g/mol. The smallest absolute Gasteiger partial charge is 0.320 e. The number of carbonyl (C=O) groups is 1. The number of nitro benzene ring substituents is 1. The van der Waals surface area contributed by atoms with Crippen LogP contribution in [0.5, 0.6) is 0 Å². The Morgan fingerprint density at radius 2 is 2.30 bits per heavy atom. The van der Waals surface area contributed by atoms with Gasteiger partial charge in [-0.25, -0.2) is 0 Å². The van der Waals surface area contributed by atoms with Crippen LogP contribution in [-0.4, -0.2) is 27.0 Å². The van der Waals surface area contributed by atoms with Gasteiger partial charge >= 0.3 is 5.97 Å². The van der Waals surface area contributed by atoms with Crippen molar-refractivity contribution < 1.29 is 14.8 Å². The van der Waals surface area contributed by atoms with Crippen molar-refractivity contribution in [3.63, 3.8) is 0 Å². The van der Waals surface area contributed by atoms with Crippen molar-refractivity contribution >= 4 is 28.6 Å². The van der Waals surface area contributed by atoms with Crippen LogP contribution in [0, 0.1) is 10.1 Å². The SMILES string of the molecule is C=Cc1ccc([N+](=O)[O-])c2[nH]cc(CC(N)C(=O)O)c12. The first-order valence-corrected chi connectivity index (χ1v) is 5.84. The van der Waals surface area contributed by atoms with Gasteiger partial charge in [-0.1, -0.05) is 12.7 Å². The van der Waals surface area contributed by atoms with E-state index in [1.807, 2.05) is 0 Å². The van der Waals surface area contributed by atoms with Crippen molar-refractivity contribution in [2.75, 3.05) is 0 Å². The van der Waals surface area contributed by atoms with Crippen LogP contribution in [0.4, 0.5) is 5.69 Å². The number of H-pyrrole nitrogens is 1. The molecule has 7 heteroatoms. The van der Waals surface area contributed by atoms with Crippen molar-refractivity contribution in [2.45, 2.75) is 12.5 Å². The number of rotatable bonds is 5. The van der Waals surface area contributed by atoms with Gasteiger partial charge in [0.2, 0.25) is 0 Å². The number of aromatic nitrogens is 1. The van der Waals surface area contributed by atoms with E-state index < -0.39 is 16.9 Å². The maximum absolute atomic E-state index is 11.0. The summed E-state index contributed by atoms with van der Waals surface area (Å²) in [5, 5.41) is 20.4. The maximum Gasteiger partial charge on any atom is 0.320 e. The summed E-state index contributed by atoms with van der Waals surface area (Å²) in [6.07, 6.45) is 3.19. The summed E-state index contributed by atoms with van der Waals surface area (Å²) in [5.74, 6) is -1.12. The minimum atomic E-state index is -1.12. The number of nitrogens with one attached hydrogen (secondary N) is 1. The number of hydrogen-bond donors (Lipinski definition) is 3. The molecule has 2 aromatic rings. The summed E-state index contributed by atoms with van der Waals surface area (Å²) in [6, 6.07) is 1.90. The second-order valence-electron chi connectivity index (χ2n) is 4.35. The molecule has 0 bridgehead atoms. The van der Waals surface area contributed by atoms with Crippen LogP contribution in [0.1, 0.15) is 11.1 Å². The fourth-order valence-corrected chi connectivity index (χ4v) is 2.14. The van der Waals surface area contributed by atoms with Crippen LogP contribution in [0.15, 0.2) is 24.9 Å². The quantitative estimate of drug-likeness (QED) is 0.566. The molecular formula is C13H13N3O4. The predicted octanol–water partition coefficient (Wildman–Crippen LogP) is 1.67. The molecule has 104 valence electrons. The van der Waals surface area contributed by atoms with E-state index in [-0.39, 0.29) is 12.1 Å². The van der Waals surface area contributed by atoms with E-state index in [1.54, 1.807) is 18.3 Å². The summed E-state index contributed by atoms with van der Waals surface area (Å²) in [7, 11) is 0.